The fourth-order valence-corrected chi connectivity index (χ4v) is 0.324. The zero-order valence-corrected chi connectivity index (χ0v) is 5.83. The maximum absolute atomic E-state index is 11.6. The van der Waals surface area contributed by atoms with E-state index in [4.69, 9.17) is 0 Å². The molecule has 0 fully saturated rings. The third kappa shape index (κ3) is 3.50. The molecule has 0 rings (SSSR count). The van der Waals surface area contributed by atoms with E-state index in [0.717, 1.165) is 13.0 Å². The molecule has 0 aromatic rings. The van der Waals surface area contributed by atoms with Crippen LogP contribution in [-0.2, 0) is 4.74 Å². The predicted octanol–water partition coefficient (Wildman–Crippen LogP) is 2.14. The summed E-state index contributed by atoms with van der Waals surface area (Å²) in [6.45, 7) is 1.02. The van der Waals surface area contributed by atoms with Crippen LogP contribution in [0.1, 0.15) is 6.92 Å². The standard InChI is InChI=1S/C6H9F3O/c1-5(3-4-10-2)6(7,8)9/h3H,4H2,1-2H3/b5-3+. The molecule has 4 heteroatoms. The van der Waals surface area contributed by atoms with Gasteiger partial charge in [0, 0.05) is 12.7 Å². The van der Waals surface area contributed by atoms with Crippen LogP contribution in [0.2, 0.25) is 0 Å². The smallest absolute Gasteiger partial charge is 0.381 e. The Hall–Kier alpha value is -0.510. The van der Waals surface area contributed by atoms with Crippen LogP contribution in [0.15, 0.2) is 11.6 Å². The summed E-state index contributed by atoms with van der Waals surface area (Å²) >= 11 is 0. The SMILES string of the molecule is COC/C=C(\C)C(F)(F)F. The quantitative estimate of drug-likeness (QED) is 0.553. The summed E-state index contributed by atoms with van der Waals surface area (Å²) in [5.41, 5.74) is -0.616. The summed E-state index contributed by atoms with van der Waals surface area (Å²) in [6.07, 6.45) is -3.21. The molecule has 0 aliphatic carbocycles. The van der Waals surface area contributed by atoms with Gasteiger partial charge >= 0.3 is 6.18 Å². The van der Waals surface area contributed by atoms with Gasteiger partial charge in [-0.2, -0.15) is 13.2 Å². The largest absolute Gasteiger partial charge is 0.412 e. The molecule has 10 heavy (non-hydrogen) atoms. The number of hydrogen-bond acceptors (Lipinski definition) is 1. The lowest BCUT2D eigenvalue weighted by Gasteiger charge is -2.04. The van der Waals surface area contributed by atoms with E-state index in [1.807, 2.05) is 0 Å². The lowest BCUT2D eigenvalue weighted by atomic mass is 10.3. The summed E-state index contributed by atoms with van der Waals surface area (Å²) in [6, 6.07) is 0. The van der Waals surface area contributed by atoms with Crippen LogP contribution in [0.3, 0.4) is 0 Å². The molecule has 1 nitrogen and oxygen atoms in total. The first-order valence-electron chi connectivity index (χ1n) is 2.71. The number of ether oxygens (including phenoxy) is 1. The van der Waals surface area contributed by atoms with E-state index in [1.54, 1.807) is 0 Å². The zero-order chi connectivity index (χ0) is 8.20. The summed E-state index contributed by atoms with van der Waals surface area (Å²) in [5.74, 6) is 0. The van der Waals surface area contributed by atoms with Gasteiger partial charge in [0.15, 0.2) is 0 Å². The van der Waals surface area contributed by atoms with Gasteiger partial charge in [-0.3, -0.25) is 0 Å². The molecular weight excluding hydrogens is 145 g/mol. The Morgan fingerprint density at radius 2 is 2.00 bits per heavy atom. The molecule has 0 saturated carbocycles. The van der Waals surface area contributed by atoms with E-state index in [2.05, 4.69) is 4.74 Å². The van der Waals surface area contributed by atoms with Crippen LogP contribution in [-0.4, -0.2) is 19.9 Å². The molecule has 0 saturated heterocycles. The number of allylic oxidation sites excluding steroid dienone is 1. The van der Waals surface area contributed by atoms with Gasteiger partial charge in [0.1, 0.15) is 0 Å². The highest BCUT2D eigenvalue weighted by atomic mass is 19.4. The van der Waals surface area contributed by atoms with E-state index >= 15 is 0 Å². The van der Waals surface area contributed by atoms with Crippen molar-refractivity contribution in [3.05, 3.63) is 11.6 Å². The van der Waals surface area contributed by atoms with Crippen LogP contribution in [0.5, 0.6) is 0 Å². The molecule has 0 atom stereocenters. The minimum atomic E-state index is -4.21. The highest BCUT2D eigenvalue weighted by Crippen LogP contribution is 2.24. The molecule has 0 unspecified atom stereocenters. The molecule has 0 aliphatic rings. The fraction of sp³-hybridized carbons (Fsp3) is 0.667. The molecule has 0 aromatic carbocycles. The van der Waals surface area contributed by atoms with Crippen molar-refractivity contribution in [2.75, 3.05) is 13.7 Å². The summed E-state index contributed by atoms with van der Waals surface area (Å²) in [4.78, 5) is 0. The topological polar surface area (TPSA) is 9.23 Å². The Labute approximate surface area is 57.5 Å². The van der Waals surface area contributed by atoms with Crippen molar-refractivity contribution in [3.63, 3.8) is 0 Å². The molecule has 0 aliphatic heterocycles. The minimum absolute atomic E-state index is 0.00530. The Morgan fingerprint density at radius 1 is 1.50 bits per heavy atom. The molecule has 0 bridgehead atoms. The van der Waals surface area contributed by atoms with Gasteiger partial charge in [-0.05, 0) is 6.92 Å². The normalized spacial score (nSPS) is 13.9. The van der Waals surface area contributed by atoms with Crippen molar-refractivity contribution in [3.8, 4) is 0 Å². The second kappa shape index (κ2) is 3.61. The average molecular weight is 154 g/mol. The first-order chi connectivity index (χ1) is 4.48. The molecule has 0 N–H and O–H groups in total. The average Bonchev–Trinajstić information content (AvgIpc) is 1.80. The predicted molar refractivity (Wildman–Crippen MR) is 31.7 cm³/mol. The van der Waals surface area contributed by atoms with E-state index in [1.165, 1.54) is 7.11 Å². The van der Waals surface area contributed by atoms with Gasteiger partial charge < -0.3 is 4.74 Å². The van der Waals surface area contributed by atoms with Gasteiger partial charge in [0.2, 0.25) is 0 Å². The van der Waals surface area contributed by atoms with Gasteiger partial charge in [-0.15, -0.1) is 0 Å². The third-order valence-corrected chi connectivity index (χ3v) is 1.00. The minimum Gasteiger partial charge on any atom is -0.381 e. The van der Waals surface area contributed by atoms with Crippen LogP contribution < -0.4 is 0 Å². The monoisotopic (exact) mass is 154 g/mol. The Balaban J connectivity index is 3.93. The van der Waals surface area contributed by atoms with Crippen molar-refractivity contribution < 1.29 is 17.9 Å². The van der Waals surface area contributed by atoms with Gasteiger partial charge in [0.25, 0.3) is 0 Å². The molecular formula is C6H9F3O. The third-order valence-electron chi connectivity index (χ3n) is 1.00. The van der Waals surface area contributed by atoms with Crippen molar-refractivity contribution in [2.45, 2.75) is 13.1 Å². The fourth-order valence-electron chi connectivity index (χ4n) is 0.324. The van der Waals surface area contributed by atoms with E-state index in [0.29, 0.717) is 0 Å². The van der Waals surface area contributed by atoms with Crippen LogP contribution in [0.4, 0.5) is 13.2 Å². The van der Waals surface area contributed by atoms with Crippen molar-refractivity contribution in [2.24, 2.45) is 0 Å². The molecule has 0 amide bonds. The van der Waals surface area contributed by atoms with Crippen LogP contribution in [0, 0.1) is 0 Å². The highest BCUT2D eigenvalue weighted by Gasteiger charge is 2.29. The van der Waals surface area contributed by atoms with Crippen molar-refractivity contribution in [1.29, 1.82) is 0 Å². The second-order valence-corrected chi connectivity index (χ2v) is 1.84. The lowest BCUT2D eigenvalue weighted by molar-refractivity contribution is -0.0918. The first kappa shape index (κ1) is 9.49. The highest BCUT2D eigenvalue weighted by molar-refractivity contribution is 5.04. The van der Waals surface area contributed by atoms with E-state index < -0.39 is 11.7 Å². The Morgan fingerprint density at radius 3 is 2.30 bits per heavy atom. The summed E-state index contributed by atoms with van der Waals surface area (Å²) < 4.78 is 39.4. The summed E-state index contributed by atoms with van der Waals surface area (Å²) in [7, 11) is 1.35. The Bertz CT molecular complexity index is 125. The Kier molecular flexibility index (Phi) is 3.42. The van der Waals surface area contributed by atoms with E-state index in [9.17, 15) is 13.2 Å². The molecule has 0 spiro atoms. The maximum Gasteiger partial charge on any atom is 0.412 e. The van der Waals surface area contributed by atoms with Gasteiger partial charge in [0.05, 0.1) is 6.61 Å². The van der Waals surface area contributed by atoms with Gasteiger partial charge in [-0.25, -0.2) is 0 Å². The van der Waals surface area contributed by atoms with Gasteiger partial charge in [-0.1, -0.05) is 6.08 Å². The molecule has 60 valence electrons. The lowest BCUT2D eigenvalue weighted by Crippen LogP contribution is -2.09. The maximum atomic E-state index is 11.6. The van der Waals surface area contributed by atoms with Crippen molar-refractivity contribution in [1.82, 2.24) is 0 Å². The number of halogens is 3. The first-order valence-corrected chi connectivity index (χ1v) is 2.71. The van der Waals surface area contributed by atoms with Crippen LogP contribution in [0.25, 0.3) is 0 Å². The zero-order valence-electron chi connectivity index (χ0n) is 5.83. The number of methoxy groups -OCH3 is 1. The number of rotatable bonds is 2. The number of alkyl halides is 3. The van der Waals surface area contributed by atoms with Crippen molar-refractivity contribution >= 4 is 0 Å². The number of hydrogen-bond donors (Lipinski definition) is 0. The molecule has 0 heterocycles. The molecule has 0 aromatic heterocycles. The van der Waals surface area contributed by atoms with E-state index in [-0.39, 0.29) is 6.61 Å². The molecule has 0 radical (unpaired) electrons. The second-order valence-electron chi connectivity index (χ2n) is 1.84. The summed E-state index contributed by atoms with van der Waals surface area (Å²) in [5, 5.41) is 0. The van der Waals surface area contributed by atoms with Crippen LogP contribution >= 0.6 is 0 Å².